The maximum absolute atomic E-state index is 11.7. The van der Waals surface area contributed by atoms with Crippen molar-refractivity contribution in [2.24, 2.45) is 0 Å². The van der Waals surface area contributed by atoms with Crippen molar-refractivity contribution >= 4 is 23.4 Å². The Morgan fingerprint density at radius 3 is 2.50 bits per heavy atom. The van der Waals surface area contributed by atoms with Gasteiger partial charge in [-0.3, -0.25) is 0 Å². The van der Waals surface area contributed by atoms with Gasteiger partial charge < -0.3 is 19.5 Å². The molecule has 1 aromatic rings. The van der Waals surface area contributed by atoms with E-state index >= 15 is 0 Å². The van der Waals surface area contributed by atoms with E-state index in [2.05, 4.69) is 4.98 Å². The summed E-state index contributed by atoms with van der Waals surface area (Å²) in [7, 11) is 0. The minimum Gasteiger partial charge on any atom is -0.543 e. The fraction of sp³-hybridized carbons (Fsp3) is 0.583. The Kier molecular flexibility index (Phi) is 5.25. The molecular weight excluding hydrogens is 275 g/mol. The summed E-state index contributed by atoms with van der Waals surface area (Å²) in [5.41, 5.74) is -0.554. The Balaban J connectivity index is 0.00000200. The van der Waals surface area contributed by atoms with E-state index in [1.807, 2.05) is 20.8 Å². The number of thiazole rings is 1. The molecular formula is C12H15LiN2O4S. The zero-order valence-corrected chi connectivity index (χ0v) is 12.8. The van der Waals surface area contributed by atoms with E-state index in [0.717, 1.165) is 5.01 Å². The van der Waals surface area contributed by atoms with Crippen LogP contribution in [0.25, 0.3) is 0 Å². The van der Waals surface area contributed by atoms with Crippen molar-refractivity contribution in [3.05, 3.63) is 16.1 Å². The Hall–Kier alpha value is -1.03. The summed E-state index contributed by atoms with van der Waals surface area (Å²) >= 11 is 1.28. The third-order valence-corrected chi connectivity index (χ3v) is 3.62. The van der Waals surface area contributed by atoms with Crippen LogP contribution in [0.4, 0.5) is 4.79 Å². The van der Waals surface area contributed by atoms with Gasteiger partial charge in [-0.15, -0.1) is 11.3 Å². The molecule has 1 saturated heterocycles. The molecule has 1 aromatic heterocycles. The first kappa shape index (κ1) is 17.0. The van der Waals surface area contributed by atoms with Gasteiger partial charge in [0.1, 0.15) is 5.60 Å². The number of rotatable bonds is 2. The fourth-order valence-corrected chi connectivity index (χ4v) is 2.55. The molecule has 20 heavy (non-hydrogen) atoms. The first-order valence-electron chi connectivity index (χ1n) is 5.91. The molecule has 0 radical (unpaired) electrons. The van der Waals surface area contributed by atoms with Crippen molar-refractivity contribution < 1.29 is 38.3 Å². The number of carbonyl (C=O) groups is 2. The van der Waals surface area contributed by atoms with Crippen molar-refractivity contribution in [2.75, 3.05) is 13.1 Å². The SMILES string of the molecule is CC(C)(C)OC(=O)N1CC(c2nc(C(=O)[O-])cs2)C1.[Li+]. The van der Waals surface area contributed by atoms with Crippen LogP contribution < -0.4 is 24.0 Å². The summed E-state index contributed by atoms with van der Waals surface area (Å²) in [4.78, 5) is 27.9. The van der Waals surface area contributed by atoms with Crippen LogP contribution in [0.5, 0.6) is 0 Å². The second kappa shape index (κ2) is 6.16. The molecule has 0 bridgehead atoms. The van der Waals surface area contributed by atoms with Gasteiger partial charge in [-0.1, -0.05) is 0 Å². The van der Waals surface area contributed by atoms with E-state index in [1.54, 1.807) is 4.90 Å². The number of likely N-dealkylation sites (tertiary alicyclic amines) is 1. The Labute approximate surface area is 133 Å². The van der Waals surface area contributed by atoms with E-state index in [0.29, 0.717) is 13.1 Å². The summed E-state index contributed by atoms with van der Waals surface area (Å²) in [6, 6.07) is 0. The van der Waals surface area contributed by atoms with Gasteiger partial charge in [0.05, 0.1) is 16.7 Å². The second-order valence-corrected chi connectivity index (χ2v) is 6.33. The topological polar surface area (TPSA) is 82.6 Å². The van der Waals surface area contributed by atoms with Crippen molar-refractivity contribution in [1.82, 2.24) is 9.88 Å². The van der Waals surface area contributed by atoms with Crippen LogP contribution in [-0.4, -0.2) is 40.6 Å². The van der Waals surface area contributed by atoms with Gasteiger partial charge >= 0.3 is 25.0 Å². The number of aromatic nitrogens is 1. The molecule has 0 unspecified atom stereocenters. The summed E-state index contributed by atoms with van der Waals surface area (Å²) in [6.07, 6.45) is -0.347. The number of carboxylic acid groups (broad SMARTS) is 1. The molecule has 0 aromatic carbocycles. The van der Waals surface area contributed by atoms with E-state index < -0.39 is 11.6 Å². The van der Waals surface area contributed by atoms with Crippen molar-refractivity contribution in [3.8, 4) is 0 Å². The number of hydrogen-bond donors (Lipinski definition) is 0. The zero-order valence-electron chi connectivity index (χ0n) is 12.0. The number of carboxylic acids is 1. The third-order valence-electron chi connectivity index (χ3n) is 2.61. The average Bonchev–Trinajstić information content (AvgIpc) is 2.61. The molecule has 104 valence electrons. The van der Waals surface area contributed by atoms with Crippen LogP contribution >= 0.6 is 11.3 Å². The molecule has 0 spiro atoms. The van der Waals surface area contributed by atoms with Crippen LogP contribution in [0.3, 0.4) is 0 Å². The maximum atomic E-state index is 11.7. The number of hydrogen-bond acceptors (Lipinski definition) is 6. The Morgan fingerprint density at radius 1 is 1.45 bits per heavy atom. The number of carbonyl (C=O) groups excluding carboxylic acids is 2. The number of aromatic carboxylic acids is 1. The minimum absolute atomic E-state index is 0. The molecule has 1 amide bonds. The summed E-state index contributed by atoms with van der Waals surface area (Å²) < 4.78 is 5.24. The van der Waals surface area contributed by atoms with Crippen LogP contribution in [0, 0.1) is 0 Å². The molecule has 1 aliphatic heterocycles. The number of nitrogens with zero attached hydrogens (tertiary/aromatic N) is 2. The third kappa shape index (κ3) is 3.98. The van der Waals surface area contributed by atoms with Gasteiger partial charge in [0, 0.05) is 24.4 Å². The normalized spacial score (nSPS) is 15.2. The standard InChI is InChI=1S/C12H16N2O4S.Li/c1-12(2,3)18-11(17)14-4-7(5-14)9-13-8(6-19-9)10(15)16;/h6-7H,4-5H2,1-3H3,(H,15,16);/q;+1/p-1. The summed E-state index contributed by atoms with van der Waals surface area (Å²) in [5, 5.41) is 12.8. The first-order valence-corrected chi connectivity index (χ1v) is 6.79. The van der Waals surface area contributed by atoms with Crippen LogP contribution in [-0.2, 0) is 4.74 Å². The molecule has 0 aliphatic carbocycles. The zero-order chi connectivity index (χ0) is 14.2. The molecule has 8 heteroatoms. The molecule has 0 saturated carbocycles. The predicted octanol–water partition coefficient (Wildman–Crippen LogP) is -2.16. The smallest absolute Gasteiger partial charge is 0.543 e. The summed E-state index contributed by atoms with van der Waals surface area (Å²) in [5.74, 6) is -1.18. The minimum atomic E-state index is -1.27. The van der Waals surface area contributed by atoms with E-state index in [1.165, 1.54) is 16.7 Å². The van der Waals surface area contributed by atoms with Gasteiger partial charge in [-0.2, -0.15) is 0 Å². The van der Waals surface area contributed by atoms with E-state index in [4.69, 9.17) is 4.74 Å². The van der Waals surface area contributed by atoms with Crippen molar-refractivity contribution in [2.45, 2.75) is 32.3 Å². The molecule has 1 fully saturated rings. The number of ether oxygens (including phenoxy) is 1. The monoisotopic (exact) mass is 290 g/mol. The van der Waals surface area contributed by atoms with Gasteiger partial charge in [-0.05, 0) is 20.8 Å². The van der Waals surface area contributed by atoms with Gasteiger partial charge in [0.15, 0.2) is 0 Å². The second-order valence-electron chi connectivity index (χ2n) is 5.44. The van der Waals surface area contributed by atoms with Gasteiger partial charge in [0.25, 0.3) is 0 Å². The fourth-order valence-electron chi connectivity index (χ4n) is 1.68. The molecule has 0 atom stereocenters. The Morgan fingerprint density at radius 2 is 2.05 bits per heavy atom. The average molecular weight is 290 g/mol. The molecule has 6 nitrogen and oxygen atoms in total. The van der Waals surface area contributed by atoms with Crippen LogP contribution in [0.1, 0.15) is 42.2 Å². The van der Waals surface area contributed by atoms with Gasteiger partial charge in [0.2, 0.25) is 0 Å². The molecule has 0 N–H and O–H groups in total. The number of amides is 1. The molecule has 2 rings (SSSR count). The van der Waals surface area contributed by atoms with Crippen molar-refractivity contribution in [3.63, 3.8) is 0 Å². The van der Waals surface area contributed by atoms with Crippen LogP contribution in [0.15, 0.2) is 5.38 Å². The first-order chi connectivity index (χ1) is 8.76. The predicted molar refractivity (Wildman–Crippen MR) is 67.0 cm³/mol. The van der Waals surface area contributed by atoms with Gasteiger partial charge in [-0.25, -0.2) is 9.78 Å². The summed E-state index contributed by atoms with van der Waals surface area (Å²) in [6.45, 7) is 6.46. The van der Waals surface area contributed by atoms with E-state index in [9.17, 15) is 14.7 Å². The molecule has 2 heterocycles. The molecule has 1 aliphatic rings. The van der Waals surface area contributed by atoms with Crippen LogP contribution in [0.2, 0.25) is 0 Å². The van der Waals surface area contributed by atoms with Crippen molar-refractivity contribution in [1.29, 1.82) is 0 Å². The Bertz CT molecular complexity index is 506. The quantitative estimate of drug-likeness (QED) is 0.580. The van der Waals surface area contributed by atoms with E-state index in [-0.39, 0.29) is 36.6 Å². The maximum Gasteiger partial charge on any atom is 1.00 e. The largest absolute Gasteiger partial charge is 1.00 e.